The van der Waals surface area contributed by atoms with E-state index in [4.69, 9.17) is 0 Å². The summed E-state index contributed by atoms with van der Waals surface area (Å²) in [6.45, 7) is 15.4. The number of benzene rings is 3. The number of rotatable bonds is 32. The minimum atomic E-state index is -1.82. The second kappa shape index (κ2) is 33.2. The molecule has 1 aliphatic rings. The van der Waals surface area contributed by atoms with Crippen molar-refractivity contribution in [3.8, 4) is 0 Å². The summed E-state index contributed by atoms with van der Waals surface area (Å²) in [4.78, 5) is 153. The van der Waals surface area contributed by atoms with E-state index in [-0.39, 0.29) is 50.0 Å². The molecular weight excluding hydrogens is 1180 g/mol. The topological polar surface area (TPSA) is 358 Å². The Labute approximate surface area is 536 Å². The van der Waals surface area contributed by atoms with Crippen molar-refractivity contribution in [3.63, 3.8) is 0 Å². The van der Waals surface area contributed by atoms with Gasteiger partial charge in [-0.05, 0) is 84.2 Å². The average molecular weight is 1270 g/mol. The lowest BCUT2D eigenvalue weighted by molar-refractivity contribution is -0.142. The molecule has 6 aromatic rings. The van der Waals surface area contributed by atoms with Crippen LogP contribution in [0.4, 0.5) is 4.79 Å². The first kappa shape index (κ1) is 70.2. The number of urea groups is 1. The molecule has 13 N–H and O–H groups in total. The molecule has 0 radical (unpaired) electrons. The Bertz CT molecular complexity index is 3550. The number of hydrogen-bond donors (Lipinski definition) is 13. The number of nitrogens with zero attached hydrogens (tertiary/aromatic N) is 1. The van der Waals surface area contributed by atoms with Gasteiger partial charge in [-0.25, -0.2) is 9.59 Å². The van der Waals surface area contributed by atoms with Crippen LogP contribution in [-0.2, 0) is 62.4 Å². The van der Waals surface area contributed by atoms with Crippen LogP contribution in [0.25, 0.3) is 32.7 Å². The molecule has 9 amide bonds. The minimum absolute atomic E-state index is 0.0339. The molecule has 1 saturated heterocycles. The summed E-state index contributed by atoms with van der Waals surface area (Å²) < 4.78 is 0. The van der Waals surface area contributed by atoms with Gasteiger partial charge in [0.2, 0.25) is 41.4 Å². The van der Waals surface area contributed by atoms with Crippen molar-refractivity contribution in [1.29, 1.82) is 0 Å². The number of H-pyrrole nitrogens is 3. The third-order valence-electron chi connectivity index (χ3n) is 17.3. The van der Waals surface area contributed by atoms with Crippen molar-refractivity contribution in [2.24, 2.45) is 23.7 Å². The van der Waals surface area contributed by atoms with E-state index in [1.807, 2.05) is 86.6 Å². The summed E-state index contributed by atoms with van der Waals surface area (Å²) in [7, 11) is 0. The summed E-state index contributed by atoms with van der Waals surface area (Å²) in [5.74, 6) is -10.1. The molecule has 1 fully saturated rings. The highest BCUT2D eigenvalue weighted by molar-refractivity contribution is 6.00. The number of hydrogen-bond acceptors (Lipinski definition) is 10. The Hall–Kier alpha value is -9.22. The maximum absolute atomic E-state index is 15.2. The maximum Gasteiger partial charge on any atom is 0.326 e. The molecule has 4 heterocycles. The van der Waals surface area contributed by atoms with Crippen LogP contribution in [0.1, 0.15) is 130 Å². The number of carboxylic acid groups (broad SMARTS) is 2. The van der Waals surface area contributed by atoms with E-state index in [2.05, 4.69) is 57.5 Å². The van der Waals surface area contributed by atoms with Gasteiger partial charge >= 0.3 is 18.0 Å². The third kappa shape index (κ3) is 19.2. The minimum Gasteiger partial charge on any atom is -0.481 e. The van der Waals surface area contributed by atoms with Gasteiger partial charge in [0.15, 0.2) is 0 Å². The third-order valence-corrected chi connectivity index (χ3v) is 17.3. The Morgan fingerprint density at radius 1 is 0.424 bits per heavy atom. The highest BCUT2D eigenvalue weighted by Crippen LogP contribution is 2.24. The van der Waals surface area contributed by atoms with E-state index in [0.717, 1.165) is 58.4 Å². The molecule has 1 aliphatic heterocycles. The second-order valence-corrected chi connectivity index (χ2v) is 25.3. The molecule has 7 rings (SSSR count). The number of nitrogens with one attached hydrogen (secondary N) is 11. The second-order valence-electron chi connectivity index (χ2n) is 25.3. The highest BCUT2D eigenvalue weighted by atomic mass is 16.4. The predicted octanol–water partition coefficient (Wildman–Crippen LogP) is 6.25. The molecule has 3 aromatic carbocycles. The van der Waals surface area contributed by atoms with Crippen molar-refractivity contribution in [2.45, 2.75) is 181 Å². The zero-order valence-electron chi connectivity index (χ0n) is 53.9. The number of amides is 9. The SMILES string of the molecule is CC[C@H](C)[C@H](NC(=O)[C@H](CC(=O)O)NC(=O)[C@H](CC(C)C)NC(=O)[C@@H](Cc1c[nH]c2ccccc12)NC(=O)[C@@H](Cc1c[nH]c2ccccc12)NC(=O)[C@H](CC(C)C)NC(=O)N1CCCCCC1)C(=O)N[C@H](C(=O)N[C@@H](Cc1c[nH]c2ccccc12)C(=O)O)[C@@H](C)CC. The van der Waals surface area contributed by atoms with Crippen molar-refractivity contribution < 1.29 is 58.2 Å². The van der Waals surface area contributed by atoms with Gasteiger partial charge in [-0.2, -0.15) is 0 Å². The lowest BCUT2D eigenvalue weighted by Gasteiger charge is -2.31. The molecule has 10 atom stereocenters. The number of carbonyl (C=O) groups excluding carboxylic acids is 8. The summed E-state index contributed by atoms with van der Waals surface area (Å²) in [5.41, 5.74) is 4.26. The first-order valence-corrected chi connectivity index (χ1v) is 32.2. The number of carbonyl (C=O) groups is 10. The lowest BCUT2D eigenvalue weighted by Crippen LogP contribution is -2.62. The van der Waals surface area contributed by atoms with Gasteiger partial charge in [0.1, 0.15) is 48.3 Å². The Balaban J connectivity index is 1.12. The van der Waals surface area contributed by atoms with Gasteiger partial charge < -0.3 is 72.6 Å². The molecule has 0 bridgehead atoms. The van der Waals surface area contributed by atoms with E-state index in [1.54, 1.807) is 65.0 Å². The zero-order chi connectivity index (χ0) is 66.8. The summed E-state index contributed by atoms with van der Waals surface area (Å²) in [6, 6.07) is 10.6. The Kier molecular flexibility index (Phi) is 25.3. The Morgan fingerprint density at radius 3 is 1.16 bits per heavy atom. The molecule has 24 heteroatoms. The number of likely N-dealkylation sites (tertiary alicyclic amines) is 1. The molecule has 3 aromatic heterocycles. The number of fused-ring (bicyclic) bond motifs is 3. The van der Waals surface area contributed by atoms with Crippen molar-refractivity contribution >= 4 is 92.0 Å². The number of carboxylic acids is 2. The molecule has 92 heavy (non-hydrogen) atoms. The van der Waals surface area contributed by atoms with Crippen molar-refractivity contribution in [1.82, 2.24) is 62.4 Å². The summed E-state index contributed by atoms with van der Waals surface area (Å²) in [6.07, 6.45) is 8.48. The van der Waals surface area contributed by atoms with E-state index in [0.29, 0.717) is 42.6 Å². The average Bonchev–Trinajstić information content (AvgIpc) is 1.67. The zero-order valence-corrected chi connectivity index (χ0v) is 53.9. The van der Waals surface area contributed by atoms with E-state index in [1.165, 1.54) is 0 Å². The lowest BCUT2D eigenvalue weighted by atomic mass is 9.94. The normalized spacial score (nSPS) is 16.0. The van der Waals surface area contributed by atoms with Gasteiger partial charge in [-0.1, -0.05) is 136 Å². The van der Waals surface area contributed by atoms with Gasteiger partial charge in [-0.3, -0.25) is 38.4 Å². The van der Waals surface area contributed by atoms with E-state index in [9.17, 15) is 48.6 Å². The fourth-order valence-electron chi connectivity index (χ4n) is 11.7. The summed E-state index contributed by atoms with van der Waals surface area (Å²) >= 11 is 0. The number of para-hydroxylation sites is 3. The molecule has 24 nitrogen and oxygen atoms in total. The van der Waals surface area contributed by atoms with Gasteiger partial charge in [0.25, 0.3) is 0 Å². The standard InChI is InChI=1S/C68H92N12O12/c1-9-40(7)58(65(88)76-56(67(90)91)33-44-37-71-50-26-18-15-23-47(44)50)79-66(89)59(41(8)10-2)78-64(87)55(34-57(81)82)75-60(83)51(29-38(3)4)72-62(85)53(31-42-35-69-48-24-16-13-21-45(42)48)74-63(86)54(32-43-36-70-49-25-17-14-22-46(43)49)73-61(84)52(30-39(5)6)77-68(92)80-27-19-11-12-20-28-80/h13-18,21-26,35-41,51-56,58-59,69-71H,9-12,19-20,27-34H2,1-8H3,(H,72,85)(H,73,84)(H,74,86)(H,75,83)(H,76,88)(H,77,92)(H,78,87)(H,79,89)(H,81,82)(H,90,91)/t40-,41-,51-,52-,53+,54+,55-,56-,58-,59-/m0/s1. The van der Waals surface area contributed by atoms with E-state index >= 15 is 9.59 Å². The smallest absolute Gasteiger partial charge is 0.326 e. The van der Waals surface area contributed by atoms with Gasteiger partial charge in [0, 0.05) is 83.7 Å². The molecule has 0 spiro atoms. The van der Waals surface area contributed by atoms with Crippen molar-refractivity contribution in [3.05, 3.63) is 108 Å². The van der Waals surface area contributed by atoms with Crippen LogP contribution in [0, 0.1) is 23.7 Å². The first-order chi connectivity index (χ1) is 43.9. The van der Waals surface area contributed by atoms with Crippen LogP contribution in [0.15, 0.2) is 91.4 Å². The molecule has 0 unspecified atom stereocenters. The van der Waals surface area contributed by atoms with E-state index < -0.39 is 120 Å². The number of aromatic nitrogens is 3. The van der Waals surface area contributed by atoms with Crippen LogP contribution in [0.5, 0.6) is 0 Å². The molecule has 0 saturated carbocycles. The quantitative estimate of drug-likeness (QED) is 0.0223. The highest BCUT2D eigenvalue weighted by Gasteiger charge is 2.39. The number of aromatic amines is 3. The first-order valence-electron chi connectivity index (χ1n) is 32.2. The Morgan fingerprint density at radius 2 is 0.761 bits per heavy atom. The monoisotopic (exact) mass is 1270 g/mol. The molecule has 0 aliphatic carbocycles. The van der Waals surface area contributed by atoms with Crippen LogP contribution >= 0.6 is 0 Å². The van der Waals surface area contributed by atoms with Crippen LogP contribution in [-0.4, -0.2) is 151 Å². The summed E-state index contributed by atoms with van der Waals surface area (Å²) in [5, 5.41) is 44.8. The van der Waals surface area contributed by atoms with Crippen molar-refractivity contribution in [2.75, 3.05) is 13.1 Å². The fraction of sp³-hybridized carbons (Fsp3) is 0.500. The molecular formula is C68H92N12O12. The van der Waals surface area contributed by atoms with Gasteiger partial charge in [-0.15, -0.1) is 0 Å². The maximum atomic E-state index is 15.2. The largest absolute Gasteiger partial charge is 0.481 e. The van der Waals surface area contributed by atoms with Gasteiger partial charge in [0.05, 0.1) is 6.42 Å². The fourth-order valence-corrected chi connectivity index (χ4v) is 11.7. The van der Waals surface area contributed by atoms with Crippen LogP contribution in [0.3, 0.4) is 0 Å². The predicted molar refractivity (Wildman–Crippen MR) is 350 cm³/mol. The van der Waals surface area contributed by atoms with Crippen LogP contribution < -0.4 is 42.5 Å². The number of aliphatic carboxylic acids is 2. The molecule has 496 valence electrons. The van der Waals surface area contributed by atoms with Crippen LogP contribution in [0.2, 0.25) is 0 Å².